The molecule has 1 aromatic carbocycles. The quantitative estimate of drug-likeness (QED) is 0.809. The summed E-state index contributed by atoms with van der Waals surface area (Å²) in [6.07, 6.45) is 4.63. The summed E-state index contributed by atoms with van der Waals surface area (Å²) in [4.78, 5) is 17.8. The molecule has 6 heteroatoms. The van der Waals surface area contributed by atoms with Crippen LogP contribution in [0.25, 0.3) is 0 Å². The molecular formula is C16H18FNO4. The molecule has 1 saturated carbocycles. The van der Waals surface area contributed by atoms with Gasteiger partial charge in [-0.25, -0.2) is 9.18 Å². The number of halogens is 1. The number of hydrogen-bond donors (Lipinski definition) is 1. The summed E-state index contributed by atoms with van der Waals surface area (Å²) in [6.45, 7) is 0. The highest BCUT2D eigenvalue weighted by atomic mass is 19.1. The van der Waals surface area contributed by atoms with Crippen molar-refractivity contribution in [3.8, 4) is 0 Å². The SMILES string of the molecule is O=C1OC2(CCCCC2)O[C@@]12C[C@H](c1ccccc1F)NO2. The molecule has 1 aliphatic carbocycles. The summed E-state index contributed by atoms with van der Waals surface area (Å²) >= 11 is 0. The standard InChI is InChI=1S/C16H18FNO4/c17-12-7-3-2-6-11(12)13-10-16(22-18-13)14(19)20-15(21-16)8-4-1-5-9-15/h2-3,6-7,13,18H,1,4-5,8-10H2/t13-,16-/m1/s1. The maximum absolute atomic E-state index is 13.9. The third-order valence-corrected chi connectivity index (χ3v) is 4.68. The van der Waals surface area contributed by atoms with Crippen LogP contribution in [0.15, 0.2) is 24.3 Å². The van der Waals surface area contributed by atoms with Crippen LogP contribution in [0.5, 0.6) is 0 Å². The minimum atomic E-state index is -1.45. The highest BCUT2D eigenvalue weighted by Crippen LogP contribution is 2.48. The van der Waals surface area contributed by atoms with E-state index in [-0.39, 0.29) is 12.2 Å². The lowest BCUT2D eigenvalue weighted by Gasteiger charge is -2.31. The molecule has 0 unspecified atom stereocenters. The third-order valence-electron chi connectivity index (χ3n) is 4.68. The Morgan fingerprint density at radius 1 is 1.18 bits per heavy atom. The van der Waals surface area contributed by atoms with Gasteiger partial charge in [0.05, 0.1) is 6.04 Å². The second-order valence-electron chi connectivity index (χ2n) is 6.21. The molecule has 2 heterocycles. The van der Waals surface area contributed by atoms with Crippen molar-refractivity contribution in [3.05, 3.63) is 35.6 Å². The Kier molecular flexibility index (Phi) is 3.21. The number of benzene rings is 1. The molecular weight excluding hydrogens is 289 g/mol. The Hall–Kier alpha value is -1.50. The zero-order chi connectivity index (χ0) is 15.2. The van der Waals surface area contributed by atoms with Crippen LogP contribution in [0.3, 0.4) is 0 Å². The first-order valence-electron chi connectivity index (χ1n) is 7.74. The van der Waals surface area contributed by atoms with Gasteiger partial charge < -0.3 is 4.74 Å². The van der Waals surface area contributed by atoms with Gasteiger partial charge in [0.25, 0.3) is 5.79 Å². The van der Waals surface area contributed by atoms with Gasteiger partial charge in [0.15, 0.2) is 0 Å². The molecule has 3 fully saturated rings. The summed E-state index contributed by atoms with van der Waals surface area (Å²) in [6, 6.07) is 6.00. The molecule has 1 aromatic rings. The van der Waals surface area contributed by atoms with Crippen molar-refractivity contribution in [2.45, 2.75) is 56.1 Å². The van der Waals surface area contributed by atoms with E-state index in [2.05, 4.69) is 5.48 Å². The van der Waals surface area contributed by atoms with E-state index in [1.54, 1.807) is 18.2 Å². The molecule has 2 aliphatic heterocycles. The number of ether oxygens (including phenoxy) is 2. The Balaban J connectivity index is 1.56. The van der Waals surface area contributed by atoms with Crippen LogP contribution in [0, 0.1) is 5.82 Å². The molecule has 5 nitrogen and oxygen atoms in total. The molecule has 118 valence electrons. The molecule has 0 amide bonds. The highest BCUT2D eigenvalue weighted by molar-refractivity contribution is 5.80. The van der Waals surface area contributed by atoms with Gasteiger partial charge in [-0.15, -0.1) is 0 Å². The van der Waals surface area contributed by atoms with E-state index in [4.69, 9.17) is 14.3 Å². The summed E-state index contributed by atoms with van der Waals surface area (Å²) in [5.74, 6) is -3.16. The zero-order valence-corrected chi connectivity index (χ0v) is 12.1. The fourth-order valence-electron chi connectivity index (χ4n) is 3.54. The normalized spacial score (nSPS) is 33.5. The number of carbonyl (C=O) groups excluding carboxylic acids is 1. The number of hydrogen-bond acceptors (Lipinski definition) is 5. The van der Waals surface area contributed by atoms with Crippen LogP contribution < -0.4 is 5.48 Å². The maximum atomic E-state index is 13.9. The number of hydroxylamine groups is 1. The number of rotatable bonds is 1. The van der Waals surface area contributed by atoms with E-state index in [0.29, 0.717) is 18.4 Å². The Labute approximate surface area is 127 Å². The number of nitrogens with one attached hydrogen (secondary N) is 1. The van der Waals surface area contributed by atoms with E-state index >= 15 is 0 Å². The van der Waals surface area contributed by atoms with Crippen LogP contribution in [-0.2, 0) is 19.1 Å². The topological polar surface area (TPSA) is 56.8 Å². The van der Waals surface area contributed by atoms with Crippen molar-refractivity contribution in [1.82, 2.24) is 5.48 Å². The molecule has 4 rings (SSSR count). The smallest absolute Gasteiger partial charge is 0.371 e. The van der Waals surface area contributed by atoms with Crippen molar-refractivity contribution in [2.75, 3.05) is 0 Å². The molecule has 22 heavy (non-hydrogen) atoms. The van der Waals surface area contributed by atoms with Crippen molar-refractivity contribution >= 4 is 5.97 Å². The first kappa shape index (κ1) is 14.1. The van der Waals surface area contributed by atoms with Gasteiger partial charge in [0, 0.05) is 24.8 Å². The van der Waals surface area contributed by atoms with Gasteiger partial charge in [-0.2, -0.15) is 5.48 Å². The highest BCUT2D eigenvalue weighted by Gasteiger charge is 2.63. The predicted octanol–water partition coefficient (Wildman–Crippen LogP) is 2.72. The fourth-order valence-corrected chi connectivity index (χ4v) is 3.54. The first-order valence-corrected chi connectivity index (χ1v) is 7.74. The fraction of sp³-hybridized carbons (Fsp3) is 0.562. The van der Waals surface area contributed by atoms with Crippen molar-refractivity contribution in [1.29, 1.82) is 0 Å². The Morgan fingerprint density at radius 3 is 2.73 bits per heavy atom. The number of esters is 1. The monoisotopic (exact) mass is 307 g/mol. The lowest BCUT2D eigenvalue weighted by Crippen LogP contribution is -2.39. The average molecular weight is 307 g/mol. The molecule has 0 bridgehead atoms. The summed E-state index contributed by atoms with van der Waals surface area (Å²) < 4.78 is 25.4. The lowest BCUT2D eigenvalue weighted by molar-refractivity contribution is -0.270. The largest absolute Gasteiger partial charge is 0.429 e. The summed E-state index contributed by atoms with van der Waals surface area (Å²) in [5, 5.41) is 0. The lowest BCUT2D eigenvalue weighted by atomic mass is 9.94. The van der Waals surface area contributed by atoms with Gasteiger partial charge in [-0.3, -0.25) is 9.57 Å². The minimum Gasteiger partial charge on any atom is -0.429 e. The molecule has 0 radical (unpaired) electrons. The van der Waals surface area contributed by atoms with Crippen LogP contribution in [0.1, 0.15) is 50.1 Å². The molecule has 3 aliphatic rings. The van der Waals surface area contributed by atoms with Gasteiger partial charge >= 0.3 is 5.97 Å². The molecule has 1 N–H and O–H groups in total. The molecule has 0 aromatic heterocycles. The first-order chi connectivity index (χ1) is 10.6. The minimum absolute atomic E-state index is 0.203. The van der Waals surface area contributed by atoms with E-state index in [1.807, 2.05) is 0 Å². The molecule has 2 atom stereocenters. The van der Waals surface area contributed by atoms with Gasteiger partial charge in [0.1, 0.15) is 5.82 Å². The summed E-state index contributed by atoms with van der Waals surface area (Å²) in [7, 11) is 0. The van der Waals surface area contributed by atoms with E-state index in [0.717, 1.165) is 19.3 Å². The second-order valence-corrected chi connectivity index (χ2v) is 6.21. The number of carbonyl (C=O) groups is 1. The van der Waals surface area contributed by atoms with Crippen LogP contribution in [0.4, 0.5) is 4.39 Å². The van der Waals surface area contributed by atoms with Crippen molar-refractivity contribution in [3.63, 3.8) is 0 Å². The zero-order valence-electron chi connectivity index (χ0n) is 12.1. The third kappa shape index (κ3) is 2.14. The van der Waals surface area contributed by atoms with Gasteiger partial charge in [0.2, 0.25) is 5.79 Å². The van der Waals surface area contributed by atoms with E-state index in [9.17, 15) is 9.18 Å². The van der Waals surface area contributed by atoms with Crippen LogP contribution in [-0.4, -0.2) is 17.5 Å². The Morgan fingerprint density at radius 2 is 1.95 bits per heavy atom. The van der Waals surface area contributed by atoms with Crippen LogP contribution >= 0.6 is 0 Å². The van der Waals surface area contributed by atoms with E-state index in [1.165, 1.54) is 6.07 Å². The van der Waals surface area contributed by atoms with Crippen LogP contribution in [0.2, 0.25) is 0 Å². The molecule has 2 saturated heterocycles. The van der Waals surface area contributed by atoms with Crippen molar-refractivity contribution in [2.24, 2.45) is 0 Å². The summed E-state index contributed by atoms with van der Waals surface area (Å²) in [5.41, 5.74) is 3.19. The van der Waals surface area contributed by atoms with E-state index < -0.39 is 23.6 Å². The second kappa shape index (κ2) is 5.01. The Bertz CT molecular complexity index is 602. The molecule has 2 spiro atoms. The van der Waals surface area contributed by atoms with Crippen molar-refractivity contribution < 1.29 is 23.5 Å². The van der Waals surface area contributed by atoms with Gasteiger partial charge in [-0.05, 0) is 18.9 Å². The average Bonchev–Trinajstić information content (AvgIpc) is 3.03. The van der Waals surface area contributed by atoms with Gasteiger partial charge in [-0.1, -0.05) is 24.6 Å². The maximum Gasteiger partial charge on any atom is 0.371 e. The predicted molar refractivity (Wildman–Crippen MR) is 73.7 cm³/mol.